The monoisotopic (exact) mass is 2020 g/mol. The molecule has 4 N–H and O–H groups in total. The van der Waals surface area contributed by atoms with E-state index in [-0.39, 0.29) is 73.4 Å². The predicted molar refractivity (Wildman–Crippen MR) is 573 cm³/mol. The second-order valence-corrected chi connectivity index (χ2v) is 42.5. The zero-order valence-corrected chi connectivity index (χ0v) is 87.7. The number of aliphatic hydroxyl groups is 1. The van der Waals surface area contributed by atoms with Crippen molar-refractivity contribution in [3.8, 4) is 23.5 Å². The average molecular weight is 2030 g/mol. The lowest BCUT2D eigenvalue weighted by molar-refractivity contribution is 0.00578. The number of amides is 3. The molecule has 1 saturated heterocycles. The third-order valence-corrected chi connectivity index (χ3v) is 27.3. The molecular formula is C112H137BCl2N18O13. The number of carbonyl (C=O) groups excluding carboxylic acids is 3. The fourth-order valence-corrected chi connectivity index (χ4v) is 18.5. The van der Waals surface area contributed by atoms with Crippen LogP contribution < -0.4 is 34.9 Å². The summed E-state index contributed by atoms with van der Waals surface area (Å²) < 4.78 is 53.0. The fourth-order valence-electron chi connectivity index (χ4n) is 18.4. The van der Waals surface area contributed by atoms with Crippen molar-refractivity contribution in [3.63, 3.8) is 0 Å². The molecule has 770 valence electrons. The third-order valence-electron chi connectivity index (χ3n) is 27.0. The first-order valence-corrected chi connectivity index (χ1v) is 51.2. The highest BCUT2D eigenvalue weighted by Gasteiger charge is 2.53. The Morgan fingerprint density at radius 2 is 0.753 bits per heavy atom. The van der Waals surface area contributed by atoms with Crippen molar-refractivity contribution in [3.05, 3.63) is 247 Å². The number of benzene rings is 4. The van der Waals surface area contributed by atoms with E-state index in [1.54, 1.807) is 64.3 Å². The number of pyridine rings is 4. The minimum absolute atomic E-state index is 0. The summed E-state index contributed by atoms with van der Waals surface area (Å²) in [6.07, 6.45) is 35.9. The minimum atomic E-state index is -0.507. The maximum atomic E-state index is 12.4. The van der Waals surface area contributed by atoms with Crippen LogP contribution in [0.25, 0.3) is 54.8 Å². The number of fused-ring (bicyclic) bond motifs is 4. The Bertz CT molecular complexity index is 6320. The number of rotatable bonds is 20. The van der Waals surface area contributed by atoms with Crippen molar-refractivity contribution < 1.29 is 62.0 Å². The Hall–Kier alpha value is -13.0. The molecule has 12 heterocycles. The van der Waals surface area contributed by atoms with E-state index >= 15 is 0 Å². The number of nitrogens with zero attached hydrogens (tertiary/aromatic N) is 15. The summed E-state index contributed by atoms with van der Waals surface area (Å²) in [6, 6.07) is 50.3. The van der Waals surface area contributed by atoms with E-state index in [0.717, 1.165) is 167 Å². The van der Waals surface area contributed by atoms with E-state index < -0.39 is 16.8 Å². The van der Waals surface area contributed by atoms with Gasteiger partial charge in [-0.05, 0) is 231 Å². The van der Waals surface area contributed by atoms with Crippen LogP contribution in [0, 0.1) is 5.92 Å². The van der Waals surface area contributed by atoms with Gasteiger partial charge in [-0.2, -0.15) is 0 Å². The lowest BCUT2D eigenvalue weighted by atomic mass is 9.75. The van der Waals surface area contributed by atoms with E-state index in [1.165, 1.54) is 42.9 Å². The molecule has 0 atom stereocenters. The number of nitrogens with one attached hydrogen (secondary N) is 3. The summed E-state index contributed by atoms with van der Waals surface area (Å²) >= 11 is 5.96. The molecule has 12 aromatic rings. The van der Waals surface area contributed by atoms with Gasteiger partial charge in [0, 0.05) is 186 Å². The second-order valence-electron chi connectivity index (χ2n) is 42.1. The molecule has 34 heteroatoms. The predicted octanol–water partition coefficient (Wildman–Crippen LogP) is 22.5. The number of anilines is 3. The van der Waals surface area contributed by atoms with Gasteiger partial charge in [0.1, 0.15) is 75.8 Å². The number of aromatic nitrogens is 12. The summed E-state index contributed by atoms with van der Waals surface area (Å²) in [5, 5.41) is 22.5. The van der Waals surface area contributed by atoms with Crippen molar-refractivity contribution in [2.45, 2.75) is 276 Å². The third kappa shape index (κ3) is 29.3. The molecule has 4 aliphatic heterocycles. The van der Waals surface area contributed by atoms with Gasteiger partial charge in [0.15, 0.2) is 5.15 Å². The quantitative estimate of drug-likeness (QED) is 0.0407. The van der Waals surface area contributed by atoms with Gasteiger partial charge in [0.05, 0.1) is 33.3 Å². The molecule has 0 spiro atoms. The number of halogens is 2. The van der Waals surface area contributed by atoms with Crippen molar-refractivity contribution in [1.29, 1.82) is 0 Å². The molecule has 31 nitrogen and oxygen atoms in total. The maximum absolute atomic E-state index is 12.4. The van der Waals surface area contributed by atoms with Crippen LogP contribution in [0.5, 0.6) is 23.5 Å². The van der Waals surface area contributed by atoms with Gasteiger partial charge in [0.25, 0.3) is 5.88 Å². The van der Waals surface area contributed by atoms with E-state index in [2.05, 4.69) is 123 Å². The summed E-state index contributed by atoms with van der Waals surface area (Å²) in [5.41, 5.74) is 8.82. The molecule has 9 aliphatic rings. The standard InChI is InChI=1S/2C27H31N5O3.C23H26N4O.C18H16ClN3O.C16H28BNO4.CH4O.ClH/c2*1-27(2,3)35-26(33)32-14-10-19(11-15-32)24-25(29-13-12-28-24)34-21-16-20(17-21)30-23-9-8-18-6-4-5-7-22(18)31-23;1-2-7-17(8-3-1)22-23(25-13-12-24-22)28-19-14-18(15-19)26-21-11-10-16-6-4-5-9-20(16)27-21;19-17-18(21-8-7-20-17)23-15-10-12(11-15)9-14-6-5-13-3-1-2-4-16(13)22-14;1-14(2,3)20-13(19)18-10-8-12(9-11-18)17-21-15(4,5)16(6,7)22-17;1-2;/h2*4-10,12-13,20-21H,11,14-17H2,1-3H3,(H,30,31);4-6,9-13,17-19H,1-3,7-8,14-15H2,(H,26,27);1-8,12,15H,9-11H2;8H,9-11H2,1-7H3;2H,1H3;1H. The summed E-state index contributed by atoms with van der Waals surface area (Å²) in [5.74, 6) is 6.10. The molecule has 6 fully saturated rings. The number of ether oxygens (including phenoxy) is 7. The summed E-state index contributed by atoms with van der Waals surface area (Å²) in [7, 11) is 0.686. The normalized spacial score (nSPS) is 20.8. The van der Waals surface area contributed by atoms with Crippen LogP contribution in [0.1, 0.15) is 221 Å². The van der Waals surface area contributed by atoms with Crippen LogP contribution in [0.4, 0.5) is 31.8 Å². The van der Waals surface area contributed by atoms with Crippen LogP contribution in [-0.2, 0) is 29.9 Å². The Morgan fingerprint density at radius 1 is 0.411 bits per heavy atom. The SMILES string of the molecule is CC(C)(C)OC(=O)N1CC=C(B2OC(C)(C)C(C)(C)O2)CC1.CC(C)(C)OC(=O)N1CC=C(c2nccnc2OC2CC(Nc3ccc4ccccc4n3)C2)CC1.CC(C)(C)OC(=O)N1CC=C(c2nccnc2OC2CC(Nc3ccc4ccccc4n3)C2)CC1.CO.Cl.Clc1nccnc1OC1CC(Cc2ccc3ccccc3n2)C1.c1ccc2nc(NC3CC(Oc4nccnc4C4CCCCC4)C3)ccc2c1. The van der Waals surface area contributed by atoms with E-state index in [4.69, 9.17) is 79.1 Å². The highest BCUT2D eigenvalue weighted by Crippen LogP contribution is 2.43. The van der Waals surface area contributed by atoms with Crippen molar-refractivity contribution >= 4 is 122 Å². The molecule has 4 aromatic carbocycles. The largest absolute Gasteiger partial charge is 0.490 e. The lowest BCUT2D eigenvalue weighted by Gasteiger charge is -2.36. The molecule has 5 saturated carbocycles. The van der Waals surface area contributed by atoms with Crippen molar-refractivity contribution in [1.82, 2.24) is 74.5 Å². The number of para-hydroxylation sites is 4. The second kappa shape index (κ2) is 48.5. The van der Waals surface area contributed by atoms with Gasteiger partial charge in [0.2, 0.25) is 17.6 Å². The van der Waals surface area contributed by atoms with Gasteiger partial charge in [-0.25, -0.2) is 64.2 Å². The summed E-state index contributed by atoms with van der Waals surface area (Å²) in [6.45, 7) is 28.3. The van der Waals surface area contributed by atoms with Crippen LogP contribution in [0.15, 0.2) is 219 Å². The van der Waals surface area contributed by atoms with Gasteiger partial charge >= 0.3 is 25.4 Å². The topological polar surface area (TPSA) is 355 Å². The first kappa shape index (κ1) is 107. The molecule has 8 aromatic heterocycles. The Labute approximate surface area is 867 Å². The number of aliphatic hydroxyl groups excluding tert-OH is 1. The number of carbonyl (C=O) groups is 3. The van der Waals surface area contributed by atoms with Crippen LogP contribution in [-0.4, -0.2) is 222 Å². The smallest absolute Gasteiger partial charge is 0.473 e. The van der Waals surface area contributed by atoms with Crippen LogP contribution >= 0.6 is 24.0 Å². The molecule has 0 radical (unpaired) electrons. The molecule has 0 bridgehead atoms. The van der Waals surface area contributed by atoms with Gasteiger partial charge < -0.3 is 78.2 Å². The lowest BCUT2D eigenvalue weighted by Crippen LogP contribution is -2.43. The van der Waals surface area contributed by atoms with E-state index in [0.29, 0.717) is 105 Å². The first-order valence-electron chi connectivity index (χ1n) is 50.8. The van der Waals surface area contributed by atoms with Gasteiger partial charge in [-0.1, -0.05) is 128 Å². The zero-order valence-electron chi connectivity index (χ0n) is 86.1. The van der Waals surface area contributed by atoms with Crippen molar-refractivity contribution in [2.24, 2.45) is 5.92 Å². The summed E-state index contributed by atoms with van der Waals surface area (Å²) in [4.78, 5) is 95.9. The van der Waals surface area contributed by atoms with Gasteiger partial charge in [-0.15, -0.1) is 12.4 Å². The van der Waals surface area contributed by atoms with Crippen LogP contribution in [0.2, 0.25) is 5.15 Å². The number of hydrogen-bond donors (Lipinski definition) is 4. The highest BCUT2D eigenvalue weighted by molar-refractivity contribution is 6.54. The Morgan fingerprint density at radius 3 is 1.14 bits per heavy atom. The zero-order chi connectivity index (χ0) is 102. The van der Waals surface area contributed by atoms with E-state index in [9.17, 15) is 14.4 Å². The van der Waals surface area contributed by atoms with Crippen LogP contribution in [0.3, 0.4) is 0 Å². The van der Waals surface area contributed by atoms with Crippen molar-refractivity contribution in [2.75, 3.05) is 62.3 Å². The maximum Gasteiger partial charge on any atom is 0.490 e. The van der Waals surface area contributed by atoms with E-state index in [1.807, 2.05) is 187 Å². The molecule has 21 rings (SSSR count). The molecule has 0 unspecified atom stereocenters. The Kier molecular flexibility index (Phi) is 35.7. The minimum Gasteiger partial charge on any atom is -0.473 e. The highest BCUT2D eigenvalue weighted by atomic mass is 35.5. The Balaban J connectivity index is 0.000000138. The molecule has 5 aliphatic carbocycles. The first-order chi connectivity index (χ1) is 69.7. The molecular weight excluding hydrogens is 1890 g/mol. The number of hydrogen-bond acceptors (Lipinski definition) is 28. The fraction of sp³-hybridized carbons (Fsp3) is 0.455. The molecule has 3 amide bonds. The van der Waals surface area contributed by atoms with Gasteiger partial charge in [-0.3, -0.25) is 9.97 Å². The molecule has 146 heavy (non-hydrogen) atoms. The average Bonchev–Trinajstić information content (AvgIpc) is 1.63.